The standard InChI is InChI=1S/C19H28N4O2S/c1-4-23(5-2)26(24,25)21-14-10-16-15-7-6-8-17-19(15)13(11-20-17)9-18(16)22(3)12-14/h6-8,11,14,16,18,20-21H,4-5,9-10,12H2,1-3H3/t14-,16+,18-/m0/s1. The molecule has 26 heavy (non-hydrogen) atoms. The highest BCUT2D eigenvalue weighted by molar-refractivity contribution is 7.87. The summed E-state index contributed by atoms with van der Waals surface area (Å²) in [7, 11) is -1.32. The zero-order valence-corrected chi connectivity index (χ0v) is 16.5. The SMILES string of the molecule is CCN(CC)S(=O)(=O)N[C@H]1C[C@@H]2c3cccc4[nH]cc(c34)C[C@@H]2N(C)C1. The molecule has 0 bridgehead atoms. The predicted molar refractivity (Wildman–Crippen MR) is 105 cm³/mol. The van der Waals surface area contributed by atoms with Gasteiger partial charge in [0.15, 0.2) is 0 Å². The van der Waals surface area contributed by atoms with Crippen molar-refractivity contribution >= 4 is 21.1 Å². The maximum atomic E-state index is 12.7. The quantitative estimate of drug-likeness (QED) is 0.839. The number of nitrogens with one attached hydrogen (secondary N) is 2. The molecule has 1 aromatic carbocycles. The summed E-state index contributed by atoms with van der Waals surface area (Å²) in [6, 6.07) is 6.80. The molecule has 1 aliphatic carbocycles. The summed E-state index contributed by atoms with van der Waals surface area (Å²) in [5, 5.41) is 1.34. The predicted octanol–water partition coefficient (Wildman–Crippen LogP) is 2.06. The van der Waals surface area contributed by atoms with Crippen molar-refractivity contribution in [2.75, 3.05) is 26.7 Å². The molecule has 7 heteroatoms. The second kappa shape index (κ2) is 6.64. The average Bonchev–Trinajstić information content (AvgIpc) is 3.01. The Kier molecular flexibility index (Phi) is 4.59. The van der Waals surface area contributed by atoms with Gasteiger partial charge in [-0.3, -0.25) is 0 Å². The third-order valence-corrected chi connectivity index (χ3v) is 7.91. The van der Waals surface area contributed by atoms with Gasteiger partial charge in [0.2, 0.25) is 0 Å². The normalized spacial score (nSPS) is 26.4. The maximum Gasteiger partial charge on any atom is 0.279 e. The van der Waals surface area contributed by atoms with E-state index in [4.69, 9.17) is 0 Å². The smallest absolute Gasteiger partial charge is 0.279 e. The topological polar surface area (TPSA) is 68.4 Å². The Balaban J connectivity index is 1.63. The Hall–Kier alpha value is -1.41. The summed E-state index contributed by atoms with van der Waals surface area (Å²) >= 11 is 0. The molecule has 2 heterocycles. The van der Waals surface area contributed by atoms with Gasteiger partial charge in [-0.25, -0.2) is 0 Å². The fourth-order valence-electron chi connectivity index (χ4n) is 4.88. The van der Waals surface area contributed by atoms with E-state index in [2.05, 4.69) is 46.0 Å². The lowest BCUT2D eigenvalue weighted by molar-refractivity contribution is 0.135. The van der Waals surface area contributed by atoms with Crippen molar-refractivity contribution in [2.45, 2.75) is 44.7 Å². The van der Waals surface area contributed by atoms with Crippen LogP contribution in [0.5, 0.6) is 0 Å². The second-order valence-corrected chi connectivity index (χ2v) is 9.24. The molecule has 3 atom stereocenters. The number of benzene rings is 1. The van der Waals surface area contributed by atoms with Crippen LogP contribution in [0.4, 0.5) is 0 Å². The Labute approximate surface area is 155 Å². The molecule has 4 rings (SSSR count). The number of aromatic nitrogens is 1. The van der Waals surface area contributed by atoms with Crippen LogP contribution in [0.3, 0.4) is 0 Å². The zero-order valence-electron chi connectivity index (χ0n) is 15.7. The first-order chi connectivity index (χ1) is 12.4. The summed E-state index contributed by atoms with van der Waals surface area (Å²) in [5.74, 6) is 0.352. The molecule has 142 valence electrons. The third-order valence-electron chi connectivity index (χ3n) is 6.09. The number of nitrogens with zero attached hydrogens (tertiary/aromatic N) is 2. The minimum absolute atomic E-state index is 0.0670. The second-order valence-electron chi connectivity index (χ2n) is 7.54. The number of H-pyrrole nitrogens is 1. The zero-order chi connectivity index (χ0) is 18.5. The number of likely N-dealkylation sites (N-methyl/N-ethyl adjacent to an activating group) is 1. The molecule has 2 aliphatic rings. The Morgan fingerprint density at radius 3 is 2.81 bits per heavy atom. The van der Waals surface area contributed by atoms with Gasteiger partial charge in [0, 0.05) is 54.7 Å². The number of fused-ring (bicyclic) bond motifs is 2. The van der Waals surface area contributed by atoms with E-state index in [9.17, 15) is 8.42 Å². The highest BCUT2D eigenvalue weighted by Crippen LogP contribution is 2.43. The van der Waals surface area contributed by atoms with E-state index in [-0.39, 0.29) is 6.04 Å². The van der Waals surface area contributed by atoms with E-state index in [1.165, 1.54) is 26.3 Å². The van der Waals surface area contributed by atoms with Gasteiger partial charge in [0.05, 0.1) is 0 Å². The van der Waals surface area contributed by atoms with Crippen molar-refractivity contribution in [1.29, 1.82) is 0 Å². The van der Waals surface area contributed by atoms with Gasteiger partial charge in [-0.2, -0.15) is 17.4 Å². The maximum absolute atomic E-state index is 12.7. The average molecular weight is 377 g/mol. The fourth-order valence-corrected chi connectivity index (χ4v) is 6.30. The molecule has 0 spiro atoms. The minimum Gasteiger partial charge on any atom is -0.361 e. The summed E-state index contributed by atoms with van der Waals surface area (Å²) in [5.41, 5.74) is 3.92. The molecule has 0 radical (unpaired) electrons. The van der Waals surface area contributed by atoms with E-state index in [0.717, 1.165) is 19.4 Å². The van der Waals surface area contributed by atoms with Gasteiger partial charge in [-0.15, -0.1) is 0 Å². The van der Waals surface area contributed by atoms with Gasteiger partial charge < -0.3 is 9.88 Å². The van der Waals surface area contributed by atoms with Crippen molar-refractivity contribution in [2.24, 2.45) is 0 Å². The molecule has 1 aromatic heterocycles. The monoisotopic (exact) mass is 376 g/mol. The van der Waals surface area contributed by atoms with Gasteiger partial charge in [0.25, 0.3) is 10.2 Å². The summed E-state index contributed by atoms with van der Waals surface area (Å²) in [6.07, 6.45) is 4.00. The van der Waals surface area contributed by atoms with Gasteiger partial charge >= 0.3 is 0 Å². The van der Waals surface area contributed by atoms with Crippen LogP contribution in [0.25, 0.3) is 10.9 Å². The molecule has 6 nitrogen and oxygen atoms in total. The highest BCUT2D eigenvalue weighted by atomic mass is 32.2. The van der Waals surface area contributed by atoms with E-state index < -0.39 is 10.2 Å². The molecular formula is C19H28N4O2S. The lowest BCUT2D eigenvalue weighted by Gasteiger charge is -2.45. The van der Waals surface area contributed by atoms with E-state index in [0.29, 0.717) is 25.0 Å². The Morgan fingerprint density at radius 2 is 2.08 bits per heavy atom. The number of hydrogen-bond donors (Lipinski definition) is 2. The van der Waals surface area contributed by atoms with Gasteiger partial charge in [0.1, 0.15) is 0 Å². The number of likely N-dealkylation sites (tertiary alicyclic amines) is 1. The lowest BCUT2D eigenvalue weighted by Crippen LogP contribution is -2.56. The molecule has 1 aliphatic heterocycles. The van der Waals surface area contributed by atoms with Crippen molar-refractivity contribution in [3.8, 4) is 0 Å². The van der Waals surface area contributed by atoms with Crippen LogP contribution in [0, 0.1) is 0 Å². The molecule has 2 aromatic rings. The molecule has 0 saturated carbocycles. The van der Waals surface area contributed by atoms with E-state index in [1.54, 1.807) is 0 Å². The van der Waals surface area contributed by atoms with Crippen molar-refractivity contribution in [3.63, 3.8) is 0 Å². The largest absolute Gasteiger partial charge is 0.361 e. The van der Waals surface area contributed by atoms with E-state index in [1.807, 2.05) is 13.8 Å². The van der Waals surface area contributed by atoms with Crippen LogP contribution < -0.4 is 4.72 Å². The number of piperidine rings is 1. The van der Waals surface area contributed by atoms with Crippen molar-refractivity contribution < 1.29 is 8.42 Å². The summed E-state index contributed by atoms with van der Waals surface area (Å²) in [4.78, 5) is 5.72. The number of aromatic amines is 1. The summed E-state index contributed by atoms with van der Waals surface area (Å²) in [6.45, 7) is 5.48. The fraction of sp³-hybridized carbons (Fsp3) is 0.579. The van der Waals surface area contributed by atoms with Crippen LogP contribution >= 0.6 is 0 Å². The van der Waals surface area contributed by atoms with Crippen molar-refractivity contribution in [1.82, 2.24) is 18.9 Å². The lowest BCUT2D eigenvalue weighted by atomic mass is 9.74. The van der Waals surface area contributed by atoms with E-state index >= 15 is 0 Å². The first kappa shape index (κ1) is 18.0. The molecule has 0 unspecified atom stereocenters. The van der Waals surface area contributed by atoms with Gasteiger partial charge in [-0.1, -0.05) is 26.0 Å². The Morgan fingerprint density at radius 1 is 1.31 bits per heavy atom. The minimum atomic E-state index is -3.43. The van der Waals surface area contributed by atoms with Crippen LogP contribution in [0.15, 0.2) is 24.4 Å². The number of rotatable bonds is 5. The van der Waals surface area contributed by atoms with Crippen LogP contribution in [0.2, 0.25) is 0 Å². The first-order valence-corrected chi connectivity index (χ1v) is 10.9. The van der Waals surface area contributed by atoms with Crippen LogP contribution in [-0.2, 0) is 16.6 Å². The number of hydrogen-bond acceptors (Lipinski definition) is 3. The molecular weight excluding hydrogens is 348 g/mol. The molecule has 2 N–H and O–H groups in total. The van der Waals surface area contributed by atoms with Crippen LogP contribution in [0.1, 0.15) is 37.3 Å². The highest BCUT2D eigenvalue weighted by Gasteiger charge is 2.40. The summed E-state index contributed by atoms with van der Waals surface area (Å²) < 4.78 is 29.8. The third kappa shape index (κ3) is 2.87. The molecule has 1 saturated heterocycles. The first-order valence-electron chi connectivity index (χ1n) is 9.51. The molecule has 0 amide bonds. The molecule has 1 fully saturated rings. The Bertz CT molecular complexity index is 903. The van der Waals surface area contributed by atoms with Gasteiger partial charge in [-0.05, 0) is 37.1 Å². The van der Waals surface area contributed by atoms with Crippen molar-refractivity contribution in [3.05, 3.63) is 35.5 Å². The van der Waals surface area contributed by atoms with Crippen LogP contribution in [-0.4, -0.2) is 61.4 Å².